The molecule has 0 spiro atoms. The summed E-state index contributed by atoms with van der Waals surface area (Å²) in [5.74, 6) is 0.798. The number of benzene rings is 2. The Kier molecular flexibility index (Phi) is 5.59. The average molecular weight is 422 g/mol. The molecule has 0 amide bonds. The van der Waals surface area contributed by atoms with E-state index in [1.54, 1.807) is 18.2 Å². The first kappa shape index (κ1) is 18.3. The van der Waals surface area contributed by atoms with E-state index in [4.69, 9.17) is 4.74 Å². The number of ether oxygens (including phenoxy) is 1. The molecule has 3 rings (SSSR count). The number of nitriles is 1. The number of halogens is 1. The molecule has 0 saturated heterocycles. The summed E-state index contributed by atoms with van der Waals surface area (Å²) in [5, 5.41) is 20.0. The molecule has 1 aromatic heterocycles. The largest absolute Gasteiger partial charge is 0.439 e. The summed E-state index contributed by atoms with van der Waals surface area (Å²) >= 11 is 3.37. The number of aromatic nitrogens is 1. The second-order valence-corrected chi connectivity index (χ2v) is 6.38. The molecule has 27 heavy (non-hydrogen) atoms. The Bertz CT molecular complexity index is 1020. The topological polar surface area (TPSA) is 89.0 Å². The van der Waals surface area contributed by atoms with Crippen LogP contribution in [-0.4, -0.2) is 9.91 Å². The number of hydrogen-bond acceptors (Lipinski definition) is 5. The predicted octanol–water partition coefficient (Wildman–Crippen LogP) is 5.61. The SMILES string of the molecule is N#C/C(=C\c1ccc(Oc2ccc([N+](=O)[O-])cn2)cc1)c1ccc(Br)cc1. The standard InChI is InChI=1S/C20H12BrN3O3/c21-17-5-3-15(4-6-17)16(12-22)11-14-1-8-19(9-2-14)27-20-10-7-18(13-23-20)24(25)26/h1-11,13H/b16-11+. The summed E-state index contributed by atoms with van der Waals surface area (Å²) in [6.45, 7) is 0. The third-order valence-corrected chi connectivity index (χ3v) is 4.15. The van der Waals surface area contributed by atoms with Crippen LogP contribution in [0.2, 0.25) is 0 Å². The highest BCUT2D eigenvalue weighted by Gasteiger charge is 2.07. The molecular formula is C20H12BrN3O3. The summed E-state index contributed by atoms with van der Waals surface area (Å²) < 4.78 is 6.52. The van der Waals surface area contributed by atoms with Gasteiger partial charge in [0.2, 0.25) is 5.88 Å². The van der Waals surface area contributed by atoms with Gasteiger partial charge < -0.3 is 4.74 Å². The molecule has 0 saturated carbocycles. The zero-order valence-corrected chi connectivity index (χ0v) is 15.5. The molecule has 7 heteroatoms. The van der Waals surface area contributed by atoms with Gasteiger partial charge in [0.15, 0.2) is 0 Å². The Balaban J connectivity index is 1.75. The lowest BCUT2D eigenvalue weighted by atomic mass is 10.0. The molecule has 0 aliphatic rings. The van der Waals surface area contributed by atoms with Crippen LogP contribution in [0.1, 0.15) is 11.1 Å². The van der Waals surface area contributed by atoms with Gasteiger partial charge in [-0.3, -0.25) is 10.1 Å². The van der Waals surface area contributed by atoms with E-state index in [-0.39, 0.29) is 11.6 Å². The van der Waals surface area contributed by atoms with Crippen molar-refractivity contribution < 1.29 is 9.66 Å². The van der Waals surface area contributed by atoms with E-state index in [0.29, 0.717) is 11.3 Å². The minimum atomic E-state index is -0.518. The van der Waals surface area contributed by atoms with Gasteiger partial charge in [-0.1, -0.05) is 40.2 Å². The minimum Gasteiger partial charge on any atom is -0.439 e. The van der Waals surface area contributed by atoms with Gasteiger partial charge in [0.05, 0.1) is 16.6 Å². The highest BCUT2D eigenvalue weighted by atomic mass is 79.9. The van der Waals surface area contributed by atoms with Crippen LogP contribution in [0, 0.1) is 21.4 Å². The van der Waals surface area contributed by atoms with E-state index in [9.17, 15) is 15.4 Å². The summed E-state index contributed by atoms with van der Waals surface area (Å²) in [6.07, 6.45) is 2.93. The molecule has 6 nitrogen and oxygen atoms in total. The Morgan fingerprint density at radius 1 is 1.11 bits per heavy atom. The lowest BCUT2D eigenvalue weighted by Crippen LogP contribution is -1.91. The average Bonchev–Trinajstić information content (AvgIpc) is 2.68. The number of nitrogens with zero attached hydrogens (tertiary/aromatic N) is 3. The molecule has 132 valence electrons. The highest BCUT2D eigenvalue weighted by Crippen LogP contribution is 2.24. The normalized spacial score (nSPS) is 10.9. The molecule has 0 radical (unpaired) electrons. The van der Waals surface area contributed by atoms with Gasteiger partial charge in [-0.2, -0.15) is 5.26 Å². The van der Waals surface area contributed by atoms with Gasteiger partial charge in [-0.05, 0) is 41.5 Å². The van der Waals surface area contributed by atoms with Crippen LogP contribution >= 0.6 is 15.9 Å². The number of hydrogen-bond donors (Lipinski definition) is 0. The fourth-order valence-corrected chi connectivity index (χ4v) is 2.53. The summed E-state index contributed by atoms with van der Waals surface area (Å²) in [7, 11) is 0. The molecule has 0 unspecified atom stereocenters. The van der Waals surface area contributed by atoms with Gasteiger partial charge in [0.1, 0.15) is 11.9 Å². The summed E-state index contributed by atoms with van der Waals surface area (Å²) in [5.41, 5.74) is 2.13. The van der Waals surface area contributed by atoms with Gasteiger partial charge >= 0.3 is 0 Å². The van der Waals surface area contributed by atoms with Gasteiger partial charge in [-0.25, -0.2) is 4.98 Å². The van der Waals surface area contributed by atoms with Crippen molar-refractivity contribution in [3.8, 4) is 17.7 Å². The highest BCUT2D eigenvalue weighted by molar-refractivity contribution is 9.10. The van der Waals surface area contributed by atoms with Crippen LogP contribution in [0.4, 0.5) is 5.69 Å². The van der Waals surface area contributed by atoms with Crippen LogP contribution in [0.15, 0.2) is 71.3 Å². The van der Waals surface area contributed by atoms with E-state index >= 15 is 0 Å². The van der Waals surface area contributed by atoms with Crippen LogP contribution < -0.4 is 4.74 Å². The van der Waals surface area contributed by atoms with Gasteiger partial charge in [-0.15, -0.1) is 0 Å². The van der Waals surface area contributed by atoms with E-state index in [1.807, 2.05) is 36.4 Å². The Morgan fingerprint density at radius 2 is 1.81 bits per heavy atom. The summed E-state index contributed by atoms with van der Waals surface area (Å²) in [4.78, 5) is 14.0. The Morgan fingerprint density at radius 3 is 2.37 bits per heavy atom. The first-order valence-corrected chi connectivity index (χ1v) is 8.60. The monoisotopic (exact) mass is 421 g/mol. The van der Waals surface area contributed by atoms with Gasteiger partial charge in [0.25, 0.3) is 5.69 Å². The van der Waals surface area contributed by atoms with Crippen molar-refractivity contribution in [2.24, 2.45) is 0 Å². The van der Waals surface area contributed by atoms with Crippen molar-refractivity contribution in [3.05, 3.63) is 92.6 Å². The van der Waals surface area contributed by atoms with Crippen molar-refractivity contribution in [2.45, 2.75) is 0 Å². The molecule has 0 N–H and O–H groups in total. The lowest BCUT2D eigenvalue weighted by Gasteiger charge is -2.05. The number of nitro groups is 1. The van der Waals surface area contributed by atoms with E-state index in [0.717, 1.165) is 21.8 Å². The van der Waals surface area contributed by atoms with Crippen LogP contribution in [0.25, 0.3) is 11.6 Å². The zero-order valence-electron chi connectivity index (χ0n) is 13.9. The Labute approximate surface area is 163 Å². The number of allylic oxidation sites excluding steroid dienone is 1. The molecule has 0 aliphatic heterocycles. The second kappa shape index (κ2) is 8.25. The Hall–Kier alpha value is -3.50. The third-order valence-electron chi connectivity index (χ3n) is 3.62. The first-order valence-electron chi connectivity index (χ1n) is 7.81. The van der Waals surface area contributed by atoms with E-state index < -0.39 is 4.92 Å². The van der Waals surface area contributed by atoms with Crippen molar-refractivity contribution in [1.82, 2.24) is 4.98 Å². The van der Waals surface area contributed by atoms with E-state index in [2.05, 4.69) is 27.0 Å². The fourth-order valence-electron chi connectivity index (χ4n) is 2.27. The van der Waals surface area contributed by atoms with Crippen molar-refractivity contribution in [2.75, 3.05) is 0 Å². The maximum Gasteiger partial charge on any atom is 0.287 e. The first-order chi connectivity index (χ1) is 13.0. The van der Waals surface area contributed by atoms with Gasteiger partial charge in [0, 0.05) is 16.6 Å². The molecule has 1 heterocycles. The number of rotatable bonds is 5. The minimum absolute atomic E-state index is 0.0974. The van der Waals surface area contributed by atoms with Crippen molar-refractivity contribution in [1.29, 1.82) is 5.26 Å². The molecule has 0 aliphatic carbocycles. The maximum absolute atomic E-state index is 10.6. The molecule has 2 aromatic carbocycles. The third kappa shape index (κ3) is 4.77. The van der Waals surface area contributed by atoms with Crippen LogP contribution in [0.5, 0.6) is 11.6 Å². The maximum atomic E-state index is 10.6. The molecule has 3 aromatic rings. The van der Waals surface area contributed by atoms with E-state index in [1.165, 1.54) is 12.1 Å². The van der Waals surface area contributed by atoms with Crippen molar-refractivity contribution in [3.63, 3.8) is 0 Å². The number of pyridine rings is 1. The van der Waals surface area contributed by atoms with Crippen LogP contribution in [-0.2, 0) is 0 Å². The quantitative estimate of drug-likeness (QED) is 0.231. The second-order valence-electron chi connectivity index (χ2n) is 5.46. The predicted molar refractivity (Wildman–Crippen MR) is 105 cm³/mol. The fraction of sp³-hybridized carbons (Fsp3) is 0. The molecular weight excluding hydrogens is 410 g/mol. The zero-order chi connectivity index (χ0) is 19.2. The molecule has 0 bridgehead atoms. The van der Waals surface area contributed by atoms with Crippen LogP contribution in [0.3, 0.4) is 0 Å². The molecule has 0 atom stereocenters. The molecule has 0 fully saturated rings. The smallest absolute Gasteiger partial charge is 0.287 e. The van der Waals surface area contributed by atoms with Crippen molar-refractivity contribution >= 4 is 33.3 Å². The lowest BCUT2D eigenvalue weighted by molar-refractivity contribution is -0.385. The summed E-state index contributed by atoms with van der Waals surface area (Å²) in [6, 6.07) is 19.6.